The molecule has 11 heteroatoms. The van der Waals surface area contributed by atoms with Crippen molar-refractivity contribution in [2.45, 2.75) is 18.8 Å². The van der Waals surface area contributed by atoms with Gasteiger partial charge in [-0.1, -0.05) is 36.4 Å². The van der Waals surface area contributed by atoms with Gasteiger partial charge in [0.05, 0.1) is 11.2 Å². The third kappa shape index (κ3) is 4.83. The minimum Gasteiger partial charge on any atom is -0.345 e. The van der Waals surface area contributed by atoms with Crippen LogP contribution in [-0.2, 0) is 6.54 Å². The molecule has 0 aliphatic rings. The van der Waals surface area contributed by atoms with Gasteiger partial charge in [0.15, 0.2) is 11.7 Å². The first kappa shape index (κ1) is 23.9. The molecule has 5 rings (SSSR count). The smallest absolute Gasteiger partial charge is 0.345 e. The van der Waals surface area contributed by atoms with Gasteiger partial charge in [-0.25, -0.2) is 4.98 Å². The highest BCUT2D eigenvalue weighted by atomic mass is 19.4. The van der Waals surface area contributed by atoms with Gasteiger partial charge in [0.2, 0.25) is 5.82 Å². The molecular weight excluding hydrogens is 485 g/mol. The number of imidazole rings is 1. The molecular formula is C26H19F3N6O2. The highest BCUT2D eigenvalue weighted by Gasteiger charge is 2.43. The second kappa shape index (κ2) is 9.69. The van der Waals surface area contributed by atoms with Gasteiger partial charge >= 0.3 is 6.18 Å². The number of halogens is 3. The Balaban J connectivity index is 1.43. The van der Waals surface area contributed by atoms with E-state index >= 15 is 0 Å². The fourth-order valence-corrected chi connectivity index (χ4v) is 4.01. The number of rotatable bonds is 6. The number of carbonyl (C=O) groups is 2. The summed E-state index contributed by atoms with van der Waals surface area (Å²) < 4.78 is 42.6. The highest BCUT2D eigenvalue weighted by molar-refractivity contribution is 6.02. The maximum absolute atomic E-state index is 13.8. The lowest BCUT2D eigenvalue weighted by Gasteiger charge is -2.20. The number of amides is 2. The van der Waals surface area contributed by atoms with Gasteiger partial charge in [-0.2, -0.15) is 13.2 Å². The van der Waals surface area contributed by atoms with Crippen molar-refractivity contribution in [1.29, 1.82) is 0 Å². The Morgan fingerprint density at radius 1 is 0.946 bits per heavy atom. The largest absolute Gasteiger partial charge is 0.414 e. The second-order valence-electron chi connectivity index (χ2n) is 8.15. The van der Waals surface area contributed by atoms with Crippen molar-refractivity contribution in [3.05, 3.63) is 108 Å². The highest BCUT2D eigenvalue weighted by Crippen LogP contribution is 2.32. The predicted octanol–water partition coefficient (Wildman–Crippen LogP) is 4.24. The van der Waals surface area contributed by atoms with Gasteiger partial charge in [0.25, 0.3) is 11.8 Å². The molecule has 2 amide bonds. The van der Waals surface area contributed by atoms with Crippen molar-refractivity contribution in [3.63, 3.8) is 0 Å². The van der Waals surface area contributed by atoms with E-state index in [0.717, 1.165) is 16.3 Å². The molecule has 0 fully saturated rings. The summed E-state index contributed by atoms with van der Waals surface area (Å²) in [6.07, 6.45) is 1.27. The zero-order valence-electron chi connectivity index (χ0n) is 19.1. The fourth-order valence-electron chi connectivity index (χ4n) is 4.01. The van der Waals surface area contributed by atoms with E-state index in [1.54, 1.807) is 24.5 Å². The molecule has 0 aliphatic heterocycles. The summed E-state index contributed by atoms with van der Waals surface area (Å²) in [5.41, 5.74) is 0.267. The summed E-state index contributed by atoms with van der Waals surface area (Å²) >= 11 is 0. The maximum atomic E-state index is 13.8. The second-order valence-corrected chi connectivity index (χ2v) is 8.15. The van der Waals surface area contributed by atoms with Gasteiger partial charge in [0, 0.05) is 36.7 Å². The summed E-state index contributed by atoms with van der Waals surface area (Å²) in [5.74, 6) is -1.84. The third-order valence-electron chi connectivity index (χ3n) is 5.74. The zero-order chi connectivity index (χ0) is 26.0. The van der Waals surface area contributed by atoms with Crippen LogP contribution < -0.4 is 10.6 Å². The molecule has 0 radical (unpaired) electrons. The quantitative estimate of drug-likeness (QED) is 0.360. The Morgan fingerprint density at radius 3 is 2.51 bits per heavy atom. The standard InChI is InChI=1S/C26H19F3N6O2/c27-26(28,29)22(19-9-3-5-11-31-19)34-24(36)21-20-10-4-6-12-35(20)23(33-21)25(37)32-15-17-14-30-13-16-7-1-2-8-18(16)17/h1-14,22H,15H2,(H,32,37)(H,34,36). The van der Waals surface area contributed by atoms with Gasteiger partial charge in [-0.3, -0.25) is 24.0 Å². The molecule has 0 aliphatic carbocycles. The van der Waals surface area contributed by atoms with Crippen molar-refractivity contribution >= 4 is 28.1 Å². The van der Waals surface area contributed by atoms with E-state index in [1.807, 2.05) is 29.6 Å². The Kier molecular flexibility index (Phi) is 6.26. The van der Waals surface area contributed by atoms with Crippen LogP contribution in [0.15, 0.2) is 85.5 Å². The number of hydrogen-bond acceptors (Lipinski definition) is 5. The Bertz CT molecular complexity index is 1600. The lowest BCUT2D eigenvalue weighted by Crippen LogP contribution is -2.38. The average molecular weight is 504 g/mol. The van der Waals surface area contributed by atoms with Gasteiger partial charge in [0.1, 0.15) is 0 Å². The van der Waals surface area contributed by atoms with Crippen molar-refractivity contribution < 1.29 is 22.8 Å². The van der Waals surface area contributed by atoms with Gasteiger partial charge in [-0.15, -0.1) is 0 Å². The number of hydrogen-bond donors (Lipinski definition) is 2. The first-order valence-corrected chi connectivity index (χ1v) is 11.2. The van der Waals surface area contributed by atoms with Gasteiger partial charge in [-0.05, 0) is 35.2 Å². The third-order valence-corrected chi connectivity index (χ3v) is 5.74. The van der Waals surface area contributed by atoms with Crippen LogP contribution in [0.2, 0.25) is 0 Å². The van der Waals surface area contributed by atoms with E-state index in [2.05, 4.69) is 20.3 Å². The van der Waals surface area contributed by atoms with E-state index < -0.39 is 24.0 Å². The minimum atomic E-state index is -4.80. The Labute approximate surface area is 208 Å². The van der Waals surface area contributed by atoms with E-state index in [1.165, 1.54) is 41.1 Å². The van der Waals surface area contributed by atoms with Crippen LogP contribution in [0.1, 0.15) is 38.4 Å². The van der Waals surface area contributed by atoms with Crippen molar-refractivity contribution in [1.82, 2.24) is 30.0 Å². The monoisotopic (exact) mass is 504 g/mol. The Morgan fingerprint density at radius 2 is 1.73 bits per heavy atom. The molecule has 1 aromatic carbocycles. The lowest BCUT2D eigenvalue weighted by atomic mass is 10.1. The van der Waals surface area contributed by atoms with E-state index in [0.29, 0.717) is 0 Å². The summed E-state index contributed by atoms with van der Waals surface area (Å²) in [4.78, 5) is 38.1. The molecule has 5 aromatic rings. The normalized spacial score (nSPS) is 12.4. The van der Waals surface area contributed by atoms with E-state index in [4.69, 9.17) is 0 Å². The Hall–Kier alpha value is -4.80. The SMILES string of the molecule is O=C(NC(c1ccccn1)C(F)(F)F)c1nc(C(=O)NCc2cncc3ccccc23)n2ccccc12. The lowest BCUT2D eigenvalue weighted by molar-refractivity contribution is -0.156. The summed E-state index contributed by atoms with van der Waals surface area (Å²) in [6.45, 7) is 0.131. The first-order valence-electron chi connectivity index (χ1n) is 11.2. The molecule has 186 valence electrons. The zero-order valence-corrected chi connectivity index (χ0v) is 19.1. The molecule has 1 atom stereocenters. The van der Waals surface area contributed by atoms with Crippen LogP contribution in [0.5, 0.6) is 0 Å². The van der Waals surface area contributed by atoms with Gasteiger partial charge < -0.3 is 10.6 Å². The molecule has 0 saturated carbocycles. The molecule has 4 heterocycles. The molecule has 0 saturated heterocycles. The summed E-state index contributed by atoms with van der Waals surface area (Å²) in [7, 11) is 0. The van der Waals surface area contributed by atoms with Crippen molar-refractivity contribution in [2.24, 2.45) is 0 Å². The average Bonchev–Trinajstić information content (AvgIpc) is 3.30. The van der Waals surface area contributed by atoms with Crippen LogP contribution >= 0.6 is 0 Å². The minimum absolute atomic E-state index is 0.131. The topological polar surface area (TPSA) is 101 Å². The summed E-state index contributed by atoms with van der Waals surface area (Å²) in [5, 5.41) is 6.55. The molecule has 4 aromatic heterocycles. The number of aromatic nitrogens is 4. The molecule has 37 heavy (non-hydrogen) atoms. The molecule has 0 bridgehead atoms. The predicted molar refractivity (Wildman–Crippen MR) is 129 cm³/mol. The fraction of sp³-hybridized carbons (Fsp3) is 0.115. The van der Waals surface area contributed by atoms with Crippen LogP contribution in [0.4, 0.5) is 13.2 Å². The number of fused-ring (bicyclic) bond motifs is 2. The van der Waals surface area contributed by atoms with Crippen molar-refractivity contribution in [3.8, 4) is 0 Å². The summed E-state index contributed by atoms with van der Waals surface area (Å²) in [6, 6.07) is 14.0. The molecule has 1 unspecified atom stereocenters. The first-order chi connectivity index (χ1) is 17.8. The molecule has 2 N–H and O–H groups in total. The number of pyridine rings is 3. The van der Waals surface area contributed by atoms with Crippen LogP contribution in [0.3, 0.4) is 0 Å². The number of alkyl halides is 3. The van der Waals surface area contributed by atoms with Crippen molar-refractivity contribution in [2.75, 3.05) is 0 Å². The van der Waals surface area contributed by atoms with E-state index in [-0.39, 0.29) is 29.3 Å². The number of nitrogens with one attached hydrogen (secondary N) is 2. The van der Waals surface area contributed by atoms with Crippen LogP contribution in [0, 0.1) is 0 Å². The van der Waals surface area contributed by atoms with E-state index in [9.17, 15) is 22.8 Å². The number of nitrogens with zero attached hydrogens (tertiary/aromatic N) is 4. The van der Waals surface area contributed by atoms with Crippen LogP contribution in [-0.4, -0.2) is 37.3 Å². The number of benzene rings is 1. The maximum Gasteiger partial charge on any atom is 0.414 e. The molecule has 8 nitrogen and oxygen atoms in total. The van der Waals surface area contributed by atoms with Crippen LogP contribution in [0.25, 0.3) is 16.3 Å². The molecule has 0 spiro atoms. The number of carbonyl (C=O) groups excluding carboxylic acids is 2.